The second-order valence-electron chi connectivity index (χ2n) is 5.18. The van der Waals surface area contributed by atoms with Gasteiger partial charge in [0.15, 0.2) is 0 Å². The average Bonchev–Trinajstić information content (AvgIpc) is 2.77. The molecule has 2 heterocycles. The highest BCUT2D eigenvalue weighted by Crippen LogP contribution is 2.20. The van der Waals surface area contributed by atoms with Gasteiger partial charge in [-0.2, -0.15) is 0 Å². The van der Waals surface area contributed by atoms with Gasteiger partial charge in [0, 0.05) is 18.3 Å². The number of sulfonamides is 1. The molecule has 1 N–H and O–H groups in total. The lowest BCUT2D eigenvalue weighted by Gasteiger charge is -2.20. The SMILES string of the molecule is CC(C)S(=O)(=O)N[C@@H]1COC[C@H]1Cc1ccncc1. The first-order valence-electron chi connectivity index (χ1n) is 6.47. The fraction of sp³-hybridized carbons (Fsp3) is 0.615. The first-order chi connectivity index (χ1) is 8.99. The summed E-state index contributed by atoms with van der Waals surface area (Å²) in [7, 11) is -3.25. The molecule has 0 saturated carbocycles. The summed E-state index contributed by atoms with van der Waals surface area (Å²) in [6.45, 7) is 4.39. The van der Waals surface area contributed by atoms with Crippen molar-refractivity contribution in [1.82, 2.24) is 9.71 Å². The van der Waals surface area contributed by atoms with E-state index in [1.807, 2.05) is 12.1 Å². The van der Waals surface area contributed by atoms with Crippen molar-refractivity contribution in [3.05, 3.63) is 30.1 Å². The second kappa shape index (κ2) is 5.98. The van der Waals surface area contributed by atoms with E-state index in [1.54, 1.807) is 26.2 Å². The first kappa shape index (κ1) is 14.4. The first-order valence-corrected chi connectivity index (χ1v) is 8.01. The number of nitrogens with zero attached hydrogens (tertiary/aromatic N) is 1. The van der Waals surface area contributed by atoms with Crippen LogP contribution in [0.2, 0.25) is 0 Å². The summed E-state index contributed by atoms with van der Waals surface area (Å²) < 4.78 is 32.0. The number of hydrogen-bond donors (Lipinski definition) is 1. The van der Waals surface area contributed by atoms with Gasteiger partial charge in [-0.1, -0.05) is 0 Å². The number of aromatic nitrogens is 1. The van der Waals surface area contributed by atoms with Crippen LogP contribution < -0.4 is 4.72 Å². The molecule has 19 heavy (non-hydrogen) atoms. The van der Waals surface area contributed by atoms with Crippen LogP contribution >= 0.6 is 0 Å². The highest BCUT2D eigenvalue weighted by molar-refractivity contribution is 7.90. The van der Waals surface area contributed by atoms with Gasteiger partial charge < -0.3 is 4.74 Å². The standard InChI is InChI=1S/C13H20N2O3S/c1-10(2)19(16,17)15-13-9-18-8-12(13)7-11-3-5-14-6-4-11/h3-6,10,12-13,15H,7-9H2,1-2H3/t12-,13-/m1/s1. The highest BCUT2D eigenvalue weighted by atomic mass is 32.2. The monoisotopic (exact) mass is 284 g/mol. The summed E-state index contributed by atoms with van der Waals surface area (Å²) in [5, 5.41) is -0.422. The van der Waals surface area contributed by atoms with Crippen LogP contribution in [0.25, 0.3) is 0 Å². The van der Waals surface area contributed by atoms with E-state index in [4.69, 9.17) is 4.74 Å². The Hall–Kier alpha value is -0.980. The Kier molecular flexibility index (Phi) is 4.54. The van der Waals surface area contributed by atoms with E-state index < -0.39 is 15.3 Å². The molecule has 1 aromatic rings. The van der Waals surface area contributed by atoms with Gasteiger partial charge >= 0.3 is 0 Å². The minimum atomic E-state index is -3.25. The van der Waals surface area contributed by atoms with E-state index >= 15 is 0 Å². The predicted octanol–water partition coefficient (Wildman–Crippen LogP) is 0.967. The Balaban J connectivity index is 2.02. The maximum Gasteiger partial charge on any atom is 0.214 e. The number of nitrogens with one attached hydrogen (secondary N) is 1. The lowest BCUT2D eigenvalue weighted by Crippen LogP contribution is -2.43. The van der Waals surface area contributed by atoms with Crippen LogP contribution in [0.5, 0.6) is 0 Å². The summed E-state index contributed by atoms with van der Waals surface area (Å²) >= 11 is 0. The van der Waals surface area contributed by atoms with Crippen LogP contribution in [0.4, 0.5) is 0 Å². The molecule has 0 spiro atoms. The molecule has 0 radical (unpaired) electrons. The maximum absolute atomic E-state index is 11.9. The molecule has 1 aromatic heterocycles. The molecule has 1 fully saturated rings. The van der Waals surface area contributed by atoms with Crippen molar-refractivity contribution < 1.29 is 13.2 Å². The smallest absolute Gasteiger partial charge is 0.214 e. The summed E-state index contributed by atoms with van der Waals surface area (Å²) in [4.78, 5) is 3.98. The molecule has 2 rings (SSSR count). The minimum absolute atomic E-state index is 0.138. The molecule has 0 aromatic carbocycles. The van der Waals surface area contributed by atoms with E-state index in [9.17, 15) is 8.42 Å². The van der Waals surface area contributed by atoms with Gasteiger partial charge in [0.25, 0.3) is 0 Å². The lowest BCUT2D eigenvalue weighted by atomic mass is 9.96. The van der Waals surface area contributed by atoms with Crippen molar-refractivity contribution in [3.8, 4) is 0 Å². The van der Waals surface area contributed by atoms with Gasteiger partial charge in [0.05, 0.1) is 24.5 Å². The molecule has 1 saturated heterocycles. The van der Waals surface area contributed by atoms with Gasteiger partial charge in [-0.3, -0.25) is 4.98 Å². The number of pyridine rings is 1. The third kappa shape index (κ3) is 3.75. The molecule has 0 unspecified atom stereocenters. The fourth-order valence-corrected chi connectivity index (χ4v) is 3.05. The quantitative estimate of drug-likeness (QED) is 0.874. The van der Waals surface area contributed by atoms with Gasteiger partial charge in [0.1, 0.15) is 0 Å². The lowest BCUT2D eigenvalue weighted by molar-refractivity contribution is 0.183. The molecular formula is C13H20N2O3S. The fourth-order valence-electron chi connectivity index (χ4n) is 2.10. The van der Waals surface area contributed by atoms with E-state index in [2.05, 4.69) is 9.71 Å². The van der Waals surface area contributed by atoms with Crippen molar-refractivity contribution in [2.24, 2.45) is 5.92 Å². The zero-order valence-corrected chi connectivity index (χ0v) is 12.1. The average molecular weight is 284 g/mol. The summed E-state index contributed by atoms with van der Waals surface area (Å²) in [6, 6.07) is 3.76. The number of rotatable bonds is 5. The van der Waals surface area contributed by atoms with Crippen LogP contribution in [-0.2, 0) is 21.2 Å². The zero-order chi connectivity index (χ0) is 13.9. The largest absolute Gasteiger partial charge is 0.379 e. The van der Waals surface area contributed by atoms with Crippen LogP contribution in [-0.4, -0.2) is 37.9 Å². The number of ether oxygens (including phenoxy) is 1. The summed E-state index contributed by atoms with van der Waals surface area (Å²) in [5.74, 6) is 0.177. The molecule has 5 nitrogen and oxygen atoms in total. The van der Waals surface area contributed by atoms with E-state index in [-0.39, 0.29) is 12.0 Å². The topological polar surface area (TPSA) is 68.3 Å². The Labute approximate surface area is 114 Å². The molecule has 2 atom stereocenters. The van der Waals surface area contributed by atoms with Crippen LogP contribution in [0, 0.1) is 5.92 Å². The summed E-state index contributed by atoms with van der Waals surface area (Å²) in [6.07, 6.45) is 4.30. The van der Waals surface area contributed by atoms with Gasteiger partial charge in [-0.15, -0.1) is 0 Å². The Morgan fingerprint density at radius 1 is 1.37 bits per heavy atom. The Morgan fingerprint density at radius 3 is 2.68 bits per heavy atom. The van der Waals surface area contributed by atoms with Crippen molar-refractivity contribution in [2.45, 2.75) is 31.6 Å². The third-order valence-corrected chi connectivity index (χ3v) is 5.25. The molecule has 6 heteroatoms. The normalized spacial score (nSPS) is 23.9. The molecular weight excluding hydrogens is 264 g/mol. The predicted molar refractivity (Wildman–Crippen MR) is 73.2 cm³/mol. The van der Waals surface area contributed by atoms with E-state index in [0.717, 1.165) is 12.0 Å². The molecule has 106 valence electrons. The van der Waals surface area contributed by atoms with Crippen LogP contribution in [0.15, 0.2) is 24.5 Å². The van der Waals surface area contributed by atoms with E-state index in [1.165, 1.54) is 0 Å². The minimum Gasteiger partial charge on any atom is -0.379 e. The molecule has 0 bridgehead atoms. The second-order valence-corrected chi connectivity index (χ2v) is 7.44. The molecule has 0 amide bonds. The molecule has 1 aliphatic heterocycles. The van der Waals surface area contributed by atoms with Crippen molar-refractivity contribution in [2.75, 3.05) is 13.2 Å². The Morgan fingerprint density at radius 2 is 2.05 bits per heavy atom. The van der Waals surface area contributed by atoms with Crippen molar-refractivity contribution in [1.29, 1.82) is 0 Å². The zero-order valence-electron chi connectivity index (χ0n) is 11.2. The summed E-state index contributed by atoms with van der Waals surface area (Å²) in [5.41, 5.74) is 1.15. The molecule has 1 aliphatic rings. The number of hydrogen-bond acceptors (Lipinski definition) is 4. The van der Waals surface area contributed by atoms with Gasteiger partial charge in [-0.05, 0) is 38.0 Å². The van der Waals surface area contributed by atoms with Crippen molar-refractivity contribution >= 4 is 10.0 Å². The van der Waals surface area contributed by atoms with E-state index in [0.29, 0.717) is 13.2 Å². The molecule has 0 aliphatic carbocycles. The third-order valence-electron chi connectivity index (χ3n) is 3.38. The maximum atomic E-state index is 11.9. The van der Waals surface area contributed by atoms with Crippen LogP contribution in [0.3, 0.4) is 0 Å². The van der Waals surface area contributed by atoms with Gasteiger partial charge in [-0.25, -0.2) is 13.1 Å². The van der Waals surface area contributed by atoms with Crippen LogP contribution in [0.1, 0.15) is 19.4 Å². The van der Waals surface area contributed by atoms with Gasteiger partial charge in [0.2, 0.25) is 10.0 Å². The highest BCUT2D eigenvalue weighted by Gasteiger charge is 2.32. The Bertz CT molecular complexity index is 502. The van der Waals surface area contributed by atoms with Crippen molar-refractivity contribution in [3.63, 3.8) is 0 Å².